The molecule has 0 atom stereocenters. The van der Waals surface area contributed by atoms with Crippen molar-refractivity contribution in [3.8, 4) is 6.07 Å². The van der Waals surface area contributed by atoms with Crippen molar-refractivity contribution in [1.82, 2.24) is 4.90 Å². The minimum atomic E-state index is -0.0536. The first-order valence-electron chi connectivity index (χ1n) is 5.93. The lowest BCUT2D eigenvalue weighted by atomic mass is 10.2. The van der Waals surface area contributed by atoms with Crippen molar-refractivity contribution >= 4 is 5.91 Å². The molecule has 1 aliphatic carbocycles. The van der Waals surface area contributed by atoms with Gasteiger partial charge in [-0.2, -0.15) is 5.26 Å². The first kappa shape index (κ1) is 13.0. The summed E-state index contributed by atoms with van der Waals surface area (Å²) in [7, 11) is 0. The SMILES string of the molecule is CC(C)OCC(=O)N(CC#N)C1CCCC1. The second-order valence-corrected chi connectivity index (χ2v) is 4.48. The molecule has 0 radical (unpaired) electrons. The van der Waals surface area contributed by atoms with Gasteiger partial charge in [0.05, 0.1) is 12.2 Å². The van der Waals surface area contributed by atoms with Crippen LogP contribution in [0.5, 0.6) is 0 Å². The van der Waals surface area contributed by atoms with Crippen LogP contribution in [0.15, 0.2) is 0 Å². The second-order valence-electron chi connectivity index (χ2n) is 4.48. The molecule has 1 fully saturated rings. The quantitative estimate of drug-likeness (QED) is 0.668. The molecule has 1 rings (SSSR count). The number of amides is 1. The number of nitriles is 1. The maximum atomic E-state index is 11.9. The smallest absolute Gasteiger partial charge is 0.249 e. The van der Waals surface area contributed by atoms with Gasteiger partial charge in [0.1, 0.15) is 13.2 Å². The predicted octanol–water partition coefficient (Wildman–Crippen LogP) is 1.71. The Morgan fingerprint density at radius 1 is 1.50 bits per heavy atom. The fourth-order valence-corrected chi connectivity index (χ4v) is 2.03. The van der Waals surface area contributed by atoms with E-state index in [1.165, 1.54) is 0 Å². The summed E-state index contributed by atoms with van der Waals surface area (Å²) in [6, 6.07) is 2.32. The monoisotopic (exact) mass is 224 g/mol. The number of nitrogens with zero attached hydrogens (tertiary/aromatic N) is 2. The van der Waals surface area contributed by atoms with E-state index in [2.05, 4.69) is 6.07 Å². The van der Waals surface area contributed by atoms with Crippen molar-refractivity contribution in [3.63, 3.8) is 0 Å². The molecule has 0 aromatic carbocycles. The Kier molecular flexibility index (Phi) is 5.27. The lowest BCUT2D eigenvalue weighted by molar-refractivity contribution is -0.139. The Balaban J connectivity index is 2.48. The van der Waals surface area contributed by atoms with Gasteiger partial charge >= 0.3 is 0 Å². The van der Waals surface area contributed by atoms with E-state index in [1.807, 2.05) is 13.8 Å². The first-order valence-corrected chi connectivity index (χ1v) is 5.93. The zero-order valence-corrected chi connectivity index (χ0v) is 10.1. The molecule has 90 valence electrons. The van der Waals surface area contributed by atoms with Gasteiger partial charge in [-0.1, -0.05) is 12.8 Å². The van der Waals surface area contributed by atoms with Gasteiger partial charge in [0.25, 0.3) is 0 Å². The van der Waals surface area contributed by atoms with E-state index in [9.17, 15) is 4.79 Å². The highest BCUT2D eigenvalue weighted by atomic mass is 16.5. The van der Waals surface area contributed by atoms with Gasteiger partial charge in [-0.05, 0) is 26.7 Å². The van der Waals surface area contributed by atoms with Gasteiger partial charge in [-0.15, -0.1) is 0 Å². The molecule has 0 N–H and O–H groups in total. The van der Waals surface area contributed by atoms with Crippen molar-refractivity contribution in [1.29, 1.82) is 5.26 Å². The largest absolute Gasteiger partial charge is 0.369 e. The molecular weight excluding hydrogens is 204 g/mol. The summed E-state index contributed by atoms with van der Waals surface area (Å²) in [4.78, 5) is 13.6. The second kappa shape index (κ2) is 6.49. The molecule has 4 heteroatoms. The number of carbonyl (C=O) groups is 1. The molecule has 0 unspecified atom stereocenters. The molecule has 0 spiro atoms. The summed E-state index contributed by atoms with van der Waals surface area (Å²) in [6.07, 6.45) is 4.41. The summed E-state index contributed by atoms with van der Waals surface area (Å²) < 4.78 is 5.29. The van der Waals surface area contributed by atoms with Gasteiger partial charge in [0.2, 0.25) is 5.91 Å². The van der Waals surface area contributed by atoms with Crippen LogP contribution in [0.25, 0.3) is 0 Å². The molecule has 1 saturated carbocycles. The Labute approximate surface area is 97.2 Å². The van der Waals surface area contributed by atoms with Crippen LogP contribution in [0.1, 0.15) is 39.5 Å². The lowest BCUT2D eigenvalue weighted by Gasteiger charge is -2.26. The zero-order chi connectivity index (χ0) is 12.0. The molecule has 0 saturated heterocycles. The fourth-order valence-electron chi connectivity index (χ4n) is 2.03. The van der Waals surface area contributed by atoms with E-state index < -0.39 is 0 Å². The summed E-state index contributed by atoms with van der Waals surface area (Å²) in [5, 5.41) is 8.74. The Bertz CT molecular complexity index is 265. The molecule has 0 aromatic rings. The summed E-state index contributed by atoms with van der Waals surface area (Å²) in [5.74, 6) is -0.0536. The normalized spacial score (nSPS) is 16.4. The summed E-state index contributed by atoms with van der Waals surface area (Å²) in [6.45, 7) is 4.08. The van der Waals surface area contributed by atoms with Crippen LogP contribution < -0.4 is 0 Å². The minimum Gasteiger partial charge on any atom is -0.369 e. The first-order chi connectivity index (χ1) is 7.65. The van der Waals surface area contributed by atoms with Crippen molar-refractivity contribution in [2.24, 2.45) is 0 Å². The highest BCUT2D eigenvalue weighted by Crippen LogP contribution is 2.23. The van der Waals surface area contributed by atoms with Gasteiger partial charge in [-0.3, -0.25) is 4.79 Å². The fraction of sp³-hybridized carbons (Fsp3) is 0.833. The van der Waals surface area contributed by atoms with Gasteiger partial charge in [0.15, 0.2) is 0 Å². The van der Waals surface area contributed by atoms with E-state index in [1.54, 1.807) is 4.90 Å². The third kappa shape index (κ3) is 3.82. The standard InChI is InChI=1S/C12H20N2O2/c1-10(2)16-9-12(15)14(8-7-13)11-5-3-4-6-11/h10-11H,3-6,8-9H2,1-2H3. The molecule has 1 amide bonds. The third-order valence-electron chi connectivity index (χ3n) is 2.87. The number of ether oxygens (including phenoxy) is 1. The Morgan fingerprint density at radius 2 is 2.12 bits per heavy atom. The molecule has 0 heterocycles. The zero-order valence-electron chi connectivity index (χ0n) is 10.1. The van der Waals surface area contributed by atoms with Gasteiger partial charge < -0.3 is 9.64 Å². The topological polar surface area (TPSA) is 53.3 Å². The van der Waals surface area contributed by atoms with E-state index >= 15 is 0 Å². The molecular formula is C12H20N2O2. The predicted molar refractivity (Wildman–Crippen MR) is 60.7 cm³/mol. The van der Waals surface area contributed by atoms with Crippen molar-refractivity contribution in [2.75, 3.05) is 13.2 Å². The van der Waals surface area contributed by atoms with Crippen LogP contribution in [-0.4, -0.2) is 36.1 Å². The van der Waals surface area contributed by atoms with Gasteiger partial charge in [0, 0.05) is 6.04 Å². The van der Waals surface area contributed by atoms with Crippen LogP contribution >= 0.6 is 0 Å². The van der Waals surface area contributed by atoms with Crippen molar-refractivity contribution in [3.05, 3.63) is 0 Å². The molecule has 0 bridgehead atoms. The Hall–Kier alpha value is -1.08. The van der Waals surface area contributed by atoms with Crippen LogP contribution in [0, 0.1) is 11.3 Å². The van der Waals surface area contributed by atoms with Crippen LogP contribution in [0.2, 0.25) is 0 Å². The van der Waals surface area contributed by atoms with Crippen LogP contribution in [-0.2, 0) is 9.53 Å². The third-order valence-corrected chi connectivity index (χ3v) is 2.87. The minimum absolute atomic E-state index is 0.0523. The van der Waals surface area contributed by atoms with E-state index in [0.717, 1.165) is 25.7 Å². The average Bonchev–Trinajstić information content (AvgIpc) is 2.75. The molecule has 0 aromatic heterocycles. The van der Waals surface area contributed by atoms with Crippen LogP contribution in [0.4, 0.5) is 0 Å². The van der Waals surface area contributed by atoms with E-state index in [0.29, 0.717) is 0 Å². The van der Waals surface area contributed by atoms with E-state index in [4.69, 9.17) is 10.00 Å². The maximum Gasteiger partial charge on any atom is 0.249 e. The molecule has 0 aliphatic heterocycles. The molecule has 4 nitrogen and oxygen atoms in total. The van der Waals surface area contributed by atoms with Crippen molar-refractivity contribution in [2.45, 2.75) is 51.7 Å². The van der Waals surface area contributed by atoms with Gasteiger partial charge in [-0.25, -0.2) is 0 Å². The lowest BCUT2D eigenvalue weighted by Crippen LogP contribution is -2.41. The number of hydrogen-bond donors (Lipinski definition) is 0. The number of hydrogen-bond acceptors (Lipinski definition) is 3. The highest BCUT2D eigenvalue weighted by Gasteiger charge is 2.26. The number of rotatable bonds is 5. The molecule has 1 aliphatic rings. The van der Waals surface area contributed by atoms with Crippen molar-refractivity contribution < 1.29 is 9.53 Å². The number of carbonyl (C=O) groups excluding carboxylic acids is 1. The summed E-state index contributed by atoms with van der Waals surface area (Å²) in [5.41, 5.74) is 0. The Morgan fingerprint density at radius 3 is 2.62 bits per heavy atom. The summed E-state index contributed by atoms with van der Waals surface area (Å²) >= 11 is 0. The average molecular weight is 224 g/mol. The van der Waals surface area contributed by atoms with E-state index in [-0.39, 0.29) is 31.2 Å². The molecule has 16 heavy (non-hydrogen) atoms. The highest BCUT2D eigenvalue weighted by molar-refractivity contribution is 5.78. The van der Waals surface area contributed by atoms with Crippen LogP contribution in [0.3, 0.4) is 0 Å². The maximum absolute atomic E-state index is 11.9.